The van der Waals surface area contributed by atoms with Crippen molar-refractivity contribution < 1.29 is 17.9 Å². The van der Waals surface area contributed by atoms with Crippen LogP contribution in [0.1, 0.15) is 15.2 Å². The minimum absolute atomic E-state index is 0.139. The van der Waals surface area contributed by atoms with Crippen molar-refractivity contribution >= 4 is 43.2 Å². The summed E-state index contributed by atoms with van der Waals surface area (Å²) in [6.07, 6.45) is 0. The lowest BCUT2D eigenvalue weighted by atomic mass is 10.1. The first kappa shape index (κ1) is 19.3. The van der Waals surface area contributed by atoms with Gasteiger partial charge in [0.2, 0.25) is 0 Å². The number of methoxy groups -OCH3 is 1. The normalized spacial score (nSPS) is 15.9. The van der Waals surface area contributed by atoms with Gasteiger partial charge in [0.15, 0.2) is 0 Å². The van der Waals surface area contributed by atoms with E-state index in [9.17, 15) is 13.2 Å². The number of hydrogen-bond donors (Lipinski definition) is 0. The van der Waals surface area contributed by atoms with Crippen LogP contribution in [-0.2, 0) is 10.0 Å². The fourth-order valence-corrected chi connectivity index (χ4v) is 6.05. The standard InChI is InChI=1S/C17H19BrN2O4S2/c1-12-3-6-16(25-12)26(22,23)20-9-7-19(8-10-20)17(21)14-11-13(24-2)4-5-15(14)18/h3-6,11H,7-10H2,1-2H3. The number of sulfonamides is 1. The van der Waals surface area contributed by atoms with Gasteiger partial charge >= 0.3 is 0 Å². The van der Waals surface area contributed by atoms with Gasteiger partial charge in [-0.2, -0.15) is 4.31 Å². The van der Waals surface area contributed by atoms with E-state index < -0.39 is 10.0 Å². The zero-order valence-corrected chi connectivity index (χ0v) is 17.7. The van der Waals surface area contributed by atoms with E-state index >= 15 is 0 Å². The summed E-state index contributed by atoms with van der Waals surface area (Å²) in [4.78, 5) is 15.4. The van der Waals surface area contributed by atoms with Gasteiger partial charge < -0.3 is 9.64 Å². The van der Waals surface area contributed by atoms with Crippen LogP contribution in [0, 0.1) is 6.92 Å². The Balaban J connectivity index is 1.71. The Morgan fingerprint density at radius 3 is 2.42 bits per heavy atom. The summed E-state index contributed by atoms with van der Waals surface area (Å²) in [5, 5.41) is 0. The third-order valence-electron chi connectivity index (χ3n) is 4.24. The molecule has 1 aromatic heterocycles. The minimum atomic E-state index is -3.49. The van der Waals surface area contributed by atoms with E-state index in [4.69, 9.17) is 4.74 Å². The number of amides is 1. The number of rotatable bonds is 4. The number of piperazine rings is 1. The average molecular weight is 459 g/mol. The van der Waals surface area contributed by atoms with Gasteiger partial charge in [0, 0.05) is 35.5 Å². The first-order chi connectivity index (χ1) is 12.3. The van der Waals surface area contributed by atoms with E-state index in [1.165, 1.54) is 15.6 Å². The molecular weight excluding hydrogens is 440 g/mol. The van der Waals surface area contributed by atoms with Gasteiger partial charge in [-0.05, 0) is 53.2 Å². The Labute approximate surface area is 165 Å². The van der Waals surface area contributed by atoms with Crippen molar-refractivity contribution in [1.29, 1.82) is 0 Å². The predicted octanol–water partition coefficient (Wildman–Crippen LogP) is 2.97. The summed E-state index contributed by atoms with van der Waals surface area (Å²) in [6.45, 7) is 3.16. The number of benzene rings is 1. The highest BCUT2D eigenvalue weighted by Gasteiger charge is 2.31. The number of thiophene rings is 1. The third-order valence-corrected chi connectivity index (χ3v) is 8.30. The van der Waals surface area contributed by atoms with Crippen molar-refractivity contribution in [2.24, 2.45) is 0 Å². The molecule has 1 saturated heterocycles. The molecule has 0 saturated carbocycles. The van der Waals surface area contributed by atoms with Crippen LogP contribution in [0.5, 0.6) is 5.75 Å². The summed E-state index contributed by atoms with van der Waals surface area (Å²) < 4.78 is 33.1. The maximum Gasteiger partial charge on any atom is 0.255 e. The topological polar surface area (TPSA) is 66.9 Å². The van der Waals surface area contributed by atoms with Gasteiger partial charge in [-0.1, -0.05) is 0 Å². The van der Waals surface area contributed by atoms with Crippen molar-refractivity contribution in [3.05, 3.63) is 45.2 Å². The number of hydrogen-bond acceptors (Lipinski definition) is 5. The molecule has 0 atom stereocenters. The van der Waals surface area contributed by atoms with Gasteiger partial charge in [-0.25, -0.2) is 8.42 Å². The number of carbonyl (C=O) groups is 1. The van der Waals surface area contributed by atoms with Gasteiger partial charge in [-0.3, -0.25) is 4.79 Å². The minimum Gasteiger partial charge on any atom is -0.497 e. The number of carbonyl (C=O) groups excluding carboxylic acids is 1. The van der Waals surface area contributed by atoms with Crippen LogP contribution in [0.2, 0.25) is 0 Å². The highest BCUT2D eigenvalue weighted by molar-refractivity contribution is 9.10. The van der Waals surface area contributed by atoms with Crippen LogP contribution < -0.4 is 4.74 Å². The number of halogens is 1. The van der Waals surface area contributed by atoms with Gasteiger partial charge in [0.1, 0.15) is 9.96 Å². The SMILES string of the molecule is COc1ccc(Br)c(C(=O)N2CCN(S(=O)(=O)c3ccc(C)s3)CC2)c1. The zero-order chi connectivity index (χ0) is 18.9. The van der Waals surface area contributed by atoms with E-state index in [1.54, 1.807) is 42.3 Å². The monoisotopic (exact) mass is 458 g/mol. The Bertz CT molecular complexity index is 919. The van der Waals surface area contributed by atoms with Crippen LogP contribution in [-0.4, -0.2) is 56.8 Å². The highest BCUT2D eigenvalue weighted by atomic mass is 79.9. The molecule has 0 unspecified atom stereocenters. The van der Waals surface area contributed by atoms with E-state index in [2.05, 4.69) is 15.9 Å². The van der Waals surface area contributed by atoms with E-state index in [1.807, 2.05) is 6.92 Å². The van der Waals surface area contributed by atoms with Crippen LogP contribution >= 0.6 is 27.3 Å². The molecule has 1 aromatic carbocycles. The second kappa shape index (κ2) is 7.67. The molecule has 1 aliphatic heterocycles. The number of ether oxygens (including phenoxy) is 1. The Kier molecular flexibility index (Phi) is 5.71. The summed E-state index contributed by atoms with van der Waals surface area (Å²) in [5.41, 5.74) is 0.509. The van der Waals surface area contributed by atoms with Crippen LogP contribution in [0.15, 0.2) is 39.0 Å². The smallest absolute Gasteiger partial charge is 0.255 e. The third kappa shape index (κ3) is 3.80. The summed E-state index contributed by atoms with van der Waals surface area (Å²) in [7, 11) is -1.94. The Morgan fingerprint density at radius 1 is 1.15 bits per heavy atom. The van der Waals surface area contributed by atoms with Gasteiger partial charge in [0.25, 0.3) is 15.9 Å². The largest absolute Gasteiger partial charge is 0.497 e. The molecule has 2 aromatic rings. The molecule has 1 amide bonds. The molecule has 6 nitrogen and oxygen atoms in total. The molecule has 3 rings (SSSR count). The van der Waals surface area contributed by atoms with Crippen LogP contribution in [0.25, 0.3) is 0 Å². The maximum absolute atomic E-state index is 12.8. The summed E-state index contributed by atoms with van der Waals surface area (Å²) >= 11 is 4.66. The van der Waals surface area contributed by atoms with Gasteiger partial charge in [-0.15, -0.1) is 11.3 Å². The lowest BCUT2D eigenvalue weighted by Crippen LogP contribution is -2.50. The van der Waals surface area contributed by atoms with Crippen molar-refractivity contribution in [2.75, 3.05) is 33.3 Å². The molecule has 9 heteroatoms. The van der Waals surface area contributed by atoms with Gasteiger partial charge in [0.05, 0.1) is 12.7 Å². The number of aryl methyl sites for hydroxylation is 1. The molecule has 0 spiro atoms. The Hall–Kier alpha value is -1.42. The second-order valence-electron chi connectivity index (χ2n) is 5.91. The second-order valence-corrected chi connectivity index (χ2v) is 10.2. The lowest BCUT2D eigenvalue weighted by molar-refractivity contribution is 0.0696. The van der Waals surface area contributed by atoms with Crippen molar-refractivity contribution in [3.8, 4) is 5.75 Å². The van der Waals surface area contributed by atoms with E-state index in [-0.39, 0.29) is 19.0 Å². The first-order valence-electron chi connectivity index (χ1n) is 8.02. The van der Waals surface area contributed by atoms with E-state index in [0.29, 0.717) is 33.1 Å². The molecule has 26 heavy (non-hydrogen) atoms. The average Bonchev–Trinajstić information content (AvgIpc) is 3.09. The van der Waals surface area contributed by atoms with Crippen molar-refractivity contribution in [1.82, 2.24) is 9.21 Å². The Morgan fingerprint density at radius 2 is 1.85 bits per heavy atom. The molecule has 0 bridgehead atoms. The van der Waals surface area contributed by atoms with E-state index in [0.717, 1.165) is 4.88 Å². The zero-order valence-electron chi connectivity index (χ0n) is 14.4. The molecular formula is C17H19BrN2O4S2. The first-order valence-corrected chi connectivity index (χ1v) is 11.1. The van der Waals surface area contributed by atoms with Crippen molar-refractivity contribution in [3.63, 3.8) is 0 Å². The molecule has 0 aliphatic carbocycles. The summed E-state index contributed by atoms with van der Waals surface area (Å²) in [6, 6.07) is 8.67. The lowest BCUT2D eigenvalue weighted by Gasteiger charge is -2.34. The van der Waals surface area contributed by atoms with Crippen LogP contribution in [0.3, 0.4) is 0 Å². The maximum atomic E-state index is 12.8. The molecule has 1 aliphatic rings. The summed E-state index contributed by atoms with van der Waals surface area (Å²) in [5.74, 6) is 0.464. The molecule has 1 fully saturated rings. The molecule has 2 heterocycles. The highest BCUT2D eigenvalue weighted by Crippen LogP contribution is 2.27. The fraction of sp³-hybridized carbons (Fsp3) is 0.353. The molecule has 0 N–H and O–H groups in total. The molecule has 0 radical (unpaired) electrons. The number of nitrogens with zero attached hydrogens (tertiary/aromatic N) is 2. The van der Waals surface area contributed by atoms with Crippen molar-refractivity contribution in [2.45, 2.75) is 11.1 Å². The van der Waals surface area contributed by atoms with Crippen LogP contribution in [0.4, 0.5) is 0 Å². The molecule has 140 valence electrons. The fourth-order valence-electron chi connectivity index (χ4n) is 2.78. The predicted molar refractivity (Wildman–Crippen MR) is 104 cm³/mol. The quantitative estimate of drug-likeness (QED) is 0.705.